The number of carbonyl (C=O) groups excluding carboxylic acids is 2. The Labute approximate surface area is 151 Å². The molecule has 1 aromatic heterocycles. The number of aromatic nitrogens is 2. The number of hydrogen-bond donors (Lipinski definition) is 1. The third-order valence-electron chi connectivity index (χ3n) is 4.45. The van der Waals surface area contributed by atoms with Crippen molar-refractivity contribution in [2.75, 3.05) is 32.3 Å². The van der Waals surface area contributed by atoms with Crippen molar-refractivity contribution in [1.82, 2.24) is 14.8 Å². The van der Waals surface area contributed by atoms with Crippen LogP contribution in [0.5, 0.6) is 11.5 Å². The van der Waals surface area contributed by atoms with Gasteiger partial charge in [0.15, 0.2) is 6.29 Å². The van der Waals surface area contributed by atoms with E-state index in [1.54, 1.807) is 39.1 Å². The Morgan fingerprint density at radius 1 is 1.42 bits per heavy atom. The summed E-state index contributed by atoms with van der Waals surface area (Å²) in [5, 5.41) is 15.6. The van der Waals surface area contributed by atoms with E-state index in [0.717, 1.165) is 12.8 Å². The SMILES string of the molecule is CN(C)n1nccc1C(=O)N1CCC[C@H]1COc1cccc(O)c1C=O. The van der Waals surface area contributed by atoms with E-state index in [2.05, 4.69) is 5.10 Å². The average molecular weight is 358 g/mol. The summed E-state index contributed by atoms with van der Waals surface area (Å²) in [5.41, 5.74) is 0.613. The third kappa shape index (κ3) is 3.35. The Bertz CT molecular complexity index is 802. The molecule has 138 valence electrons. The van der Waals surface area contributed by atoms with Crippen LogP contribution in [-0.2, 0) is 0 Å². The summed E-state index contributed by atoms with van der Waals surface area (Å²) in [6.45, 7) is 0.901. The van der Waals surface area contributed by atoms with Crippen LogP contribution < -0.4 is 9.75 Å². The highest BCUT2D eigenvalue weighted by atomic mass is 16.5. The second-order valence-electron chi connectivity index (χ2n) is 6.37. The smallest absolute Gasteiger partial charge is 0.274 e. The van der Waals surface area contributed by atoms with E-state index >= 15 is 0 Å². The minimum absolute atomic E-state index is 0.102. The van der Waals surface area contributed by atoms with Gasteiger partial charge in [0.05, 0.1) is 17.8 Å². The molecule has 1 N–H and O–H groups in total. The van der Waals surface area contributed by atoms with Crippen LogP contribution in [0.4, 0.5) is 0 Å². The van der Waals surface area contributed by atoms with E-state index in [9.17, 15) is 14.7 Å². The fraction of sp³-hybridized carbons (Fsp3) is 0.389. The first kappa shape index (κ1) is 17.8. The number of ether oxygens (including phenoxy) is 1. The van der Waals surface area contributed by atoms with Crippen LogP contribution in [0.25, 0.3) is 0 Å². The lowest BCUT2D eigenvalue weighted by molar-refractivity contribution is 0.0677. The highest BCUT2D eigenvalue weighted by Crippen LogP contribution is 2.27. The average Bonchev–Trinajstić information content (AvgIpc) is 3.28. The quantitative estimate of drug-likeness (QED) is 0.783. The molecule has 26 heavy (non-hydrogen) atoms. The zero-order valence-corrected chi connectivity index (χ0v) is 14.8. The van der Waals surface area contributed by atoms with Crippen LogP contribution in [0, 0.1) is 0 Å². The van der Waals surface area contributed by atoms with Crippen molar-refractivity contribution in [2.45, 2.75) is 18.9 Å². The van der Waals surface area contributed by atoms with Gasteiger partial charge in [0.1, 0.15) is 23.8 Å². The first-order valence-corrected chi connectivity index (χ1v) is 8.45. The van der Waals surface area contributed by atoms with E-state index in [1.807, 2.05) is 14.1 Å². The van der Waals surface area contributed by atoms with Crippen molar-refractivity contribution in [3.8, 4) is 11.5 Å². The number of nitrogens with zero attached hydrogens (tertiary/aromatic N) is 4. The number of phenolic OH excluding ortho intramolecular Hbond substituents is 1. The molecule has 1 aliphatic rings. The minimum Gasteiger partial charge on any atom is -0.507 e. The molecular formula is C18H22N4O4. The Kier molecular flexibility index (Phi) is 5.11. The number of aromatic hydroxyl groups is 1. The molecule has 1 saturated heterocycles. The van der Waals surface area contributed by atoms with Crippen molar-refractivity contribution in [1.29, 1.82) is 0 Å². The third-order valence-corrected chi connectivity index (χ3v) is 4.45. The molecule has 2 aromatic rings. The molecule has 8 heteroatoms. The Balaban J connectivity index is 1.73. The molecule has 2 heterocycles. The summed E-state index contributed by atoms with van der Waals surface area (Å²) in [6, 6.07) is 6.27. The van der Waals surface area contributed by atoms with Gasteiger partial charge in [0, 0.05) is 20.6 Å². The zero-order valence-electron chi connectivity index (χ0n) is 14.8. The van der Waals surface area contributed by atoms with Gasteiger partial charge in [-0.05, 0) is 31.0 Å². The molecule has 1 aliphatic heterocycles. The van der Waals surface area contributed by atoms with Crippen molar-refractivity contribution < 1.29 is 19.4 Å². The number of amides is 1. The van der Waals surface area contributed by atoms with Crippen LogP contribution >= 0.6 is 0 Å². The normalized spacial score (nSPS) is 16.5. The second kappa shape index (κ2) is 7.47. The lowest BCUT2D eigenvalue weighted by atomic mass is 10.2. The minimum atomic E-state index is -0.119. The van der Waals surface area contributed by atoms with Gasteiger partial charge in [-0.25, -0.2) is 0 Å². The lowest BCUT2D eigenvalue weighted by Crippen LogP contribution is -2.41. The molecule has 0 unspecified atom stereocenters. The highest BCUT2D eigenvalue weighted by Gasteiger charge is 2.32. The predicted octanol–water partition coefficient (Wildman–Crippen LogP) is 1.28. The number of benzene rings is 1. The maximum Gasteiger partial charge on any atom is 0.274 e. The standard InChI is InChI=1S/C18H22N4O4/c1-20(2)22-15(8-9-19-22)18(25)21-10-4-5-13(21)12-26-17-7-3-6-16(24)14(17)11-23/h3,6-9,11,13,24H,4-5,10,12H2,1-2H3/t13-/m0/s1. The molecule has 0 aliphatic carbocycles. The molecule has 8 nitrogen and oxygen atoms in total. The maximum absolute atomic E-state index is 12.9. The monoisotopic (exact) mass is 358 g/mol. The molecule has 1 fully saturated rings. The van der Waals surface area contributed by atoms with E-state index in [0.29, 0.717) is 24.3 Å². The van der Waals surface area contributed by atoms with Gasteiger partial charge in [0.2, 0.25) is 0 Å². The predicted molar refractivity (Wildman–Crippen MR) is 95.3 cm³/mol. The van der Waals surface area contributed by atoms with Crippen molar-refractivity contribution in [3.05, 3.63) is 41.7 Å². The fourth-order valence-electron chi connectivity index (χ4n) is 3.16. The first-order valence-electron chi connectivity index (χ1n) is 8.45. The molecule has 0 bridgehead atoms. The summed E-state index contributed by atoms with van der Waals surface area (Å²) < 4.78 is 5.75. The van der Waals surface area contributed by atoms with Crippen LogP contribution in [0.3, 0.4) is 0 Å². The van der Waals surface area contributed by atoms with Crippen molar-refractivity contribution >= 4 is 12.2 Å². The molecule has 0 spiro atoms. The van der Waals surface area contributed by atoms with E-state index in [1.165, 1.54) is 6.07 Å². The largest absolute Gasteiger partial charge is 0.507 e. The van der Waals surface area contributed by atoms with E-state index in [4.69, 9.17) is 4.74 Å². The summed E-state index contributed by atoms with van der Waals surface area (Å²) >= 11 is 0. The van der Waals surface area contributed by atoms with Crippen molar-refractivity contribution in [3.63, 3.8) is 0 Å². The maximum atomic E-state index is 12.9. The van der Waals surface area contributed by atoms with Gasteiger partial charge in [-0.2, -0.15) is 9.89 Å². The van der Waals surface area contributed by atoms with Crippen molar-refractivity contribution in [2.24, 2.45) is 0 Å². The summed E-state index contributed by atoms with van der Waals surface area (Å²) in [5.74, 6) is 0.0955. The molecule has 1 atom stereocenters. The highest BCUT2D eigenvalue weighted by molar-refractivity contribution is 5.93. The van der Waals surface area contributed by atoms with Crippen LogP contribution in [0.2, 0.25) is 0 Å². The zero-order chi connectivity index (χ0) is 18.7. The topological polar surface area (TPSA) is 87.9 Å². The Hall–Kier alpha value is -3.03. The van der Waals surface area contributed by atoms with Gasteiger partial charge in [0.25, 0.3) is 5.91 Å². The second-order valence-corrected chi connectivity index (χ2v) is 6.37. The van der Waals surface area contributed by atoms with Gasteiger partial charge >= 0.3 is 0 Å². The van der Waals surface area contributed by atoms with Gasteiger partial charge in [-0.15, -0.1) is 0 Å². The summed E-state index contributed by atoms with van der Waals surface area (Å²) in [6.07, 6.45) is 3.86. The summed E-state index contributed by atoms with van der Waals surface area (Å²) in [7, 11) is 3.63. The van der Waals surface area contributed by atoms with Crippen LogP contribution in [0.1, 0.15) is 33.7 Å². The van der Waals surface area contributed by atoms with Crippen LogP contribution in [0.15, 0.2) is 30.5 Å². The molecule has 1 aromatic carbocycles. The Morgan fingerprint density at radius 2 is 2.23 bits per heavy atom. The number of carbonyl (C=O) groups is 2. The lowest BCUT2D eigenvalue weighted by Gasteiger charge is -2.26. The number of hydrogen-bond acceptors (Lipinski definition) is 6. The Morgan fingerprint density at radius 3 is 2.96 bits per heavy atom. The molecular weight excluding hydrogens is 336 g/mol. The first-order chi connectivity index (χ1) is 12.5. The molecule has 3 rings (SSSR count). The number of rotatable bonds is 6. The van der Waals surface area contributed by atoms with E-state index in [-0.39, 0.29) is 29.9 Å². The molecule has 0 radical (unpaired) electrons. The number of phenols is 1. The van der Waals surface area contributed by atoms with E-state index < -0.39 is 0 Å². The van der Waals surface area contributed by atoms with Gasteiger partial charge < -0.3 is 19.8 Å². The molecule has 0 saturated carbocycles. The van der Waals surface area contributed by atoms with Gasteiger partial charge in [-0.3, -0.25) is 9.59 Å². The summed E-state index contributed by atoms with van der Waals surface area (Å²) in [4.78, 5) is 27.4. The number of aldehydes is 1. The number of likely N-dealkylation sites (tertiary alicyclic amines) is 1. The van der Waals surface area contributed by atoms with Gasteiger partial charge in [-0.1, -0.05) is 6.07 Å². The molecule has 1 amide bonds. The van der Waals surface area contributed by atoms with Crippen LogP contribution in [-0.4, -0.2) is 65.4 Å². The fourth-order valence-corrected chi connectivity index (χ4v) is 3.16.